The summed E-state index contributed by atoms with van der Waals surface area (Å²) < 4.78 is 0. The third kappa shape index (κ3) is 2.76. The van der Waals surface area contributed by atoms with E-state index in [1.165, 1.54) is 25.7 Å². The van der Waals surface area contributed by atoms with Crippen molar-refractivity contribution in [3.05, 3.63) is 0 Å². The molecule has 0 aromatic carbocycles. The first kappa shape index (κ1) is 13.2. The van der Waals surface area contributed by atoms with Crippen LogP contribution in [0.25, 0.3) is 0 Å². The van der Waals surface area contributed by atoms with Gasteiger partial charge >= 0.3 is 12.0 Å². The molecule has 2 amide bonds. The first-order chi connectivity index (χ1) is 8.51. The van der Waals surface area contributed by atoms with Crippen LogP contribution < -0.4 is 5.32 Å². The Hall–Kier alpha value is -1.26. The van der Waals surface area contributed by atoms with Crippen LogP contribution in [0.4, 0.5) is 4.79 Å². The Morgan fingerprint density at radius 3 is 2.61 bits per heavy atom. The Morgan fingerprint density at radius 1 is 1.39 bits per heavy atom. The molecular weight excluding hydrogens is 232 g/mol. The number of hydrogen-bond donors (Lipinski definition) is 2. The molecule has 2 fully saturated rings. The average Bonchev–Trinajstić information content (AvgIpc) is 2.95. The number of nitrogens with one attached hydrogen (secondary N) is 1. The van der Waals surface area contributed by atoms with Crippen LogP contribution in [0.2, 0.25) is 0 Å². The molecule has 5 nitrogen and oxygen atoms in total. The van der Waals surface area contributed by atoms with Crippen molar-refractivity contribution in [3.8, 4) is 0 Å². The van der Waals surface area contributed by atoms with Crippen molar-refractivity contribution < 1.29 is 14.7 Å². The zero-order valence-electron chi connectivity index (χ0n) is 10.9. The summed E-state index contributed by atoms with van der Waals surface area (Å²) >= 11 is 0. The van der Waals surface area contributed by atoms with Crippen LogP contribution in [0, 0.1) is 11.3 Å². The molecule has 0 aromatic heterocycles. The number of likely N-dealkylation sites (tertiary alicyclic amines) is 1. The van der Waals surface area contributed by atoms with Crippen molar-refractivity contribution in [2.24, 2.45) is 11.3 Å². The van der Waals surface area contributed by atoms with Gasteiger partial charge in [0.15, 0.2) is 0 Å². The van der Waals surface area contributed by atoms with Gasteiger partial charge in [0.05, 0.1) is 5.41 Å². The number of carboxylic acid groups (broad SMARTS) is 1. The highest BCUT2D eigenvalue weighted by atomic mass is 16.4. The van der Waals surface area contributed by atoms with Gasteiger partial charge in [-0.05, 0) is 32.1 Å². The maximum atomic E-state index is 11.9. The predicted molar refractivity (Wildman–Crippen MR) is 67.3 cm³/mol. The molecule has 5 heteroatoms. The second kappa shape index (κ2) is 5.16. The molecule has 1 saturated heterocycles. The van der Waals surface area contributed by atoms with Gasteiger partial charge in [-0.25, -0.2) is 4.79 Å². The number of rotatable bonds is 3. The zero-order chi connectivity index (χ0) is 13.2. The maximum absolute atomic E-state index is 11.9. The second-order valence-electron chi connectivity index (χ2n) is 5.87. The summed E-state index contributed by atoms with van der Waals surface area (Å²) in [5.74, 6) is -0.198. The number of carboxylic acids is 1. The van der Waals surface area contributed by atoms with E-state index in [1.807, 2.05) is 0 Å². The lowest BCUT2D eigenvalue weighted by atomic mass is 9.90. The Bertz CT molecular complexity index is 339. The van der Waals surface area contributed by atoms with Gasteiger partial charge in [0.1, 0.15) is 0 Å². The van der Waals surface area contributed by atoms with Gasteiger partial charge in [-0.15, -0.1) is 0 Å². The van der Waals surface area contributed by atoms with Gasteiger partial charge in [0, 0.05) is 19.6 Å². The highest BCUT2D eigenvalue weighted by Crippen LogP contribution is 2.30. The van der Waals surface area contributed by atoms with Gasteiger partial charge in [-0.3, -0.25) is 4.79 Å². The highest BCUT2D eigenvalue weighted by Gasteiger charge is 2.42. The summed E-state index contributed by atoms with van der Waals surface area (Å²) in [6.07, 6.45) is 5.47. The fourth-order valence-corrected chi connectivity index (χ4v) is 2.87. The van der Waals surface area contributed by atoms with E-state index < -0.39 is 11.4 Å². The van der Waals surface area contributed by atoms with Crippen LogP contribution in [0.5, 0.6) is 0 Å². The van der Waals surface area contributed by atoms with Crippen molar-refractivity contribution in [2.45, 2.75) is 39.0 Å². The van der Waals surface area contributed by atoms with Crippen LogP contribution in [-0.2, 0) is 4.79 Å². The first-order valence-electron chi connectivity index (χ1n) is 6.77. The standard InChI is InChI=1S/C13H22N2O3/c1-13(11(16)17)6-7-15(9-13)12(18)14-8-10-4-2-3-5-10/h10H,2-9H2,1H3,(H,14,18)(H,16,17). The van der Waals surface area contributed by atoms with Crippen molar-refractivity contribution in [2.75, 3.05) is 19.6 Å². The van der Waals surface area contributed by atoms with Gasteiger partial charge in [0.2, 0.25) is 0 Å². The minimum atomic E-state index is -0.811. The smallest absolute Gasteiger partial charge is 0.317 e. The van der Waals surface area contributed by atoms with Gasteiger partial charge in [-0.1, -0.05) is 12.8 Å². The largest absolute Gasteiger partial charge is 0.481 e. The summed E-state index contributed by atoms with van der Waals surface area (Å²) in [4.78, 5) is 24.7. The molecule has 0 bridgehead atoms. The van der Waals surface area contributed by atoms with Crippen molar-refractivity contribution in [1.82, 2.24) is 10.2 Å². The molecule has 1 aliphatic heterocycles. The van der Waals surface area contributed by atoms with Crippen LogP contribution >= 0.6 is 0 Å². The lowest BCUT2D eigenvalue weighted by Crippen LogP contribution is -2.42. The van der Waals surface area contributed by atoms with E-state index in [0.29, 0.717) is 25.4 Å². The number of hydrogen-bond acceptors (Lipinski definition) is 2. The molecule has 1 atom stereocenters. The minimum Gasteiger partial charge on any atom is -0.481 e. The van der Waals surface area contributed by atoms with E-state index in [-0.39, 0.29) is 6.03 Å². The van der Waals surface area contributed by atoms with E-state index >= 15 is 0 Å². The SMILES string of the molecule is CC1(C(=O)O)CCN(C(=O)NCC2CCCC2)C1. The lowest BCUT2D eigenvalue weighted by molar-refractivity contribution is -0.146. The number of urea groups is 1. The van der Waals surface area contributed by atoms with Gasteiger partial charge in [-0.2, -0.15) is 0 Å². The van der Waals surface area contributed by atoms with E-state index in [0.717, 1.165) is 6.54 Å². The molecule has 0 aromatic rings. The van der Waals surface area contributed by atoms with Crippen molar-refractivity contribution in [1.29, 1.82) is 0 Å². The molecule has 2 aliphatic rings. The predicted octanol–water partition coefficient (Wildman–Crippen LogP) is 1.68. The van der Waals surface area contributed by atoms with E-state index in [4.69, 9.17) is 5.11 Å². The maximum Gasteiger partial charge on any atom is 0.317 e. The van der Waals surface area contributed by atoms with Gasteiger partial charge in [0.25, 0.3) is 0 Å². The normalized spacial score (nSPS) is 28.6. The van der Waals surface area contributed by atoms with Crippen molar-refractivity contribution in [3.63, 3.8) is 0 Å². The zero-order valence-corrected chi connectivity index (χ0v) is 10.9. The van der Waals surface area contributed by atoms with E-state index in [1.54, 1.807) is 11.8 Å². The summed E-state index contributed by atoms with van der Waals surface area (Å²) in [6, 6.07) is -0.105. The van der Waals surface area contributed by atoms with E-state index in [2.05, 4.69) is 5.32 Å². The molecule has 0 radical (unpaired) electrons. The van der Waals surface area contributed by atoms with Crippen LogP contribution in [0.15, 0.2) is 0 Å². The summed E-state index contributed by atoms with van der Waals surface area (Å²) in [6.45, 7) is 3.30. The van der Waals surface area contributed by atoms with Crippen molar-refractivity contribution >= 4 is 12.0 Å². The monoisotopic (exact) mass is 254 g/mol. The average molecular weight is 254 g/mol. The number of nitrogens with zero attached hydrogens (tertiary/aromatic N) is 1. The molecular formula is C13H22N2O3. The molecule has 1 heterocycles. The fourth-order valence-electron chi connectivity index (χ4n) is 2.87. The van der Waals surface area contributed by atoms with Crippen LogP contribution in [0.3, 0.4) is 0 Å². The topological polar surface area (TPSA) is 69.6 Å². The highest BCUT2D eigenvalue weighted by molar-refractivity contribution is 5.79. The van der Waals surface area contributed by atoms with Crippen LogP contribution in [0.1, 0.15) is 39.0 Å². The third-order valence-electron chi connectivity index (χ3n) is 4.29. The Balaban J connectivity index is 1.78. The molecule has 0 spiro atoms. The lowest BCUT2D eigenvalue weighted by Gasteiger charge is -2.21. The Morgan fingerprint density at radius 2 is 2.06 bits per heavy atom. The third-order valence-corrected chi connectivity index (χ3v) is 4.29. The van der Waals surface area contributed by atoms with E-state index in [9.17, 15) is 9.59 Å². The first-order valence-corrected chi connectivity index (χ1v) is 6.77. The summed E-state index contributed by atoms with van der Waals surface area (Å²) in [5, 5.41) is 12.1. The molecule has 2 rings (SSSR count). The van der Waals surface area contributed by atoms with Gasteiger partial charge < -0.3 is 15.3 Å². The molecule has 18 heavy (non-hydrogen) atoms. The Kier molecular flexibility index (Phi) is 3.78. The quantitative estimate of drug-likeness (QED) is 0.805. The minimum absolute atomic E-state index is 0.105. The fraction of sp³-hybridized carbons (Fsp3) is 0.846. The Labute approximate surface area is 108 Å². The molecule has 102 valence electrons. The number of aliphatic carboxylic acids is 1. The number of amides is 2. The number of carbonyl (C=O) groups is 2. The molecule has 1 saturated carbocycles. The second-order valence-corrected chi connectivity index (χ2v) is 5.87. The molecule has 2 N–H and O–H groups in total. The summed E-state index contributed by atoms with van der Waals surface area (Å²) in [5.41, 5.74) is -0.773. The van der Waals surface area contributed by atoms with Crippen LogP contribution in [-0.4, -0.2) is 41.6 Å². The number of carbonyl (C=O) groups excluding carboxylic acids is 1. The molecule has 1 unspecified atom stereocenters. The summed E-state index contributed by atoms with van der Waals surface area (Å²) in [7, 11) is 0. The molecule has 1 aliphatic carbocycles.